The van der Waals surface area contributed by atoms with Gasteiger partial charge >= 0.3 is 11.9 Å². The van der Waals surface area contributed by atoms with Gasteiger partial charge in [-0.3, -0.25) is 86.3 Å². The molecule has 6 aliphatic rings. The molecular weight excluding hydrogens is 1510 g/mol. The number of primary amides is 3. The first-order chi connectivity index (χ1) is 52.6. The Labute approximate surface area is 654 Å². The van der Waals surface area contributed by atoms with Gasteiger partial charge in [0.15, 0.2) is 0 Å². The van der Waals surface area contributed by atoms with Crippen LogP contribution in [-0.4, -0.2) is 267 Å². The molecule has 19 atom stereocenters. The fraction of sp³-hybridized carbons (Fsp3) is 0.739. The molecule has 2 aliphatic carbocycles. The second-order valence-electron chi connectivity index (χ2n) is 29.6. The van der Waals surface area contributed by atoms with Crippen molar-refractivity contribution in [3.05, 3.63) is 0 Å². The lowest BCUT2D eigenvalue weighted by Gasteiger charge is -2.32. The number of nitrogens with zero attached hydrogens (tertiary/aromatic N) is 1. The summed E-state index contributed by atoms with van der Waals surface area (Å²) in [6, 6.07) is -21.4. The maximum Gasteiger partial charge on any atom is 0.305 e. The predicted octanol–water partition coefficient (Wildman–Crippen LogP) is -6.07. The Balaban J connectivity index is 1.46. The molecule has 0 spiro atoms. The number of thioether (sulfide) groups is 1. The fourth-order valence-electron chi connectivity index (χ4n) is 15.1. The van der Waals surface area contributed by atoms with Gasteiger partial charge in [0, 0.05) is 43.5 Å². The standard InChI is InChI=1S/C69H110N18O21S3/c1-32(2)21-44-61(100)77-41(16-17-53(70)90)59(98)80-45(22-35-27-73-39-13-8-6-11-37(35)39)63(102)82-47(24-54(71)91)64(103)86-51(69(108)87-19-10-15-52(87)68(107)75-33(3)58(97)78-43(57(72)96)25-55(92)93)31-111-110-30-50(67(106)81-46(62(101)79-44)23-36-28-74-40-14-9-7-12-38(36)40)85-65(104)48(26-56(94)95)83-66(105)49(29-88)84-60(99)42(18-20-109-5)76-34(4)89/h32-33,35-52,73-74,88H,6-31H2,1-5H3,(H2,70,90)(H2,71,91)(H2,72,96)(H,75,107)(H,76,89)(H,77,100)(H,78,97)(H,79,101)(H,80,98)(H,81,106)(H,82,102)(H,83,105)(H,84,99)(H,85,104)(H,86,103)(H,92,93)(H,94,95)/t33-,35?,36?,37?,38?,39?,40?,41-,42-,43-,44-,45-,46-,47-,48-,49-,50-,51-,52-/m0/s1. The van der Waals surface area contributed by atoms with E-state index < -0.39 is 235 Å². The van der Waals surface area contributed by atoms with Crippen molar-refractivity contribution in [2.75, 3.05) is 49.8 Å². The monoisotopic (exact) mass is 1620 g/mol. The maximum absolute atomic E-state index is 15.4. The molecule has 4 saturated heterocycles. The Morgan fingerprint density at radius 2 is 1.06 bits per heavy atom. The first-order valence-corrected chi connectivity index (χ1v) is 41.5. The summed E-state index contributed by atoms with van der Waals surface area (Å²) in [4.78, 5) is 251. The van der Waals surface area contributed by atoms with Crippen LogP contribution in [0.4, 0.5) is 0 Å². The van der Waals surface area contributed by atoms with Gasteiger partial charge in [-0.25, -0.2) is 0 Å². The zero-order chi connectivity index (χ0) is 81.9. The molecule has 4 heterocycles. The van der Waals surface area contributed by atoms with Gasteiger partial charge in [0.25, 0.3) is 0 Å². The molecule has 6 unspecified atom stereocenters. The van der Waals surface area contributed by atoms with E-state index in [1.807, 2.05) is 0 Å². The van der Waals surface area contributed by atoms with E-state index >= 15 is 24.0 Å². The second-order valence-corrected chi connectivity index (χ2v) is 33.2. The number of fused-ring (bicyclic) bond motifs is 2. The minimum atomic E-state index is -2.10. The quantitative estimate of drug-likeness (QED) is 0.0279. The number of hydrogen-bond acceptors (Lipinski definition) is 24. The summed E-state index contributed by atoms with van der Waals surface area (Å²) in [6.45, 7) is 5.34. The molecule has 42 heteroatoms. The van der Waals surface area contributed by atoms with Gasteiger partial charge in [0.05, 0.1) is 25.9 Å². The number of likely N-dealkylation sites (tertiary alicyclic amines) is 1. The summed E-state index contributed by atoms with van der Waals surface area (Å²) in [5.41, 5.74) is 16.7. The van der Waals surface area contributed by atoms with Crippen molar-refractivity contribution in [3.63, 3.8) is 0 Å². The molecule has 23 N–H and O–H groups in total. The summed E-state index contributed by atoms with van der Waals surface area (Å²) in [5.74, 6) is -21.4. The summed E-state index contributed by atoms with van der Waals surface area (Å²) < 4.78 is 0. The number of hydrogen-bond donors (Lipinski definition) is 20. The molecule has 6 rings (SSSR count). The van der Waals surface area contributed by atoms with Crippen LogP contribution < -0.4 is 91.6 Å². The number of carboxylic acids is 2. The topological polar surface area (TPSA) is 618 Å². The van der Waals surface area contributed by atoms with Crippen LogP contribution in [0.1, 0.15) is 150 Å². The van der Waals surface area contributed by atoms with Gasteiger partial charge in [-0.05, 0) is 132 Å². The Morgan fingerprint density at radius 3 is 1.61 bits per heavy atom. The molecular formula is C69H110N18O21S3. The number of nitrogens with two attached hydrogens (primary N) is 3. The van der Waals surface area contributed by atoms with Crippen LogP contribution in [0, 0.1) is 29.6 Å². The van der Waals surface area contributed by atoms with E-state index in [-0.39, 0.29) is 86.7 Å². The first kappa shape index (κ1) is 91.3. The number of carbonyl (C=O) groups is 18. The average Bonchev–Trinajstić information content (AvgIpc) is 1.72. The van der Waals surface area contributed by atoms with E-state index in [1.54, 1.807) is 20.1 Å². The van der Waals surface area contributed by atoms with E-state index in [2.05, 4.69) is 74.4 Å². The van der Waals surface area contributed by atoms with E-state index in [9.17, 15) is 77.6 Å². The number of nitrogens with one attached hydrogen (secondary N) is 14. The first-order valence-electron chi connectivity index (χ1n) is 37.6. The zero-order valence-electron chi connectivity index (χ0n) is 63.0. The van der Waals surface area contributed by atoms with E-state index in [4.69, 9.17) is 17.2 Å². The SMILES string of the molecule is CSCC[C@H](NC(C)=O)C(=O)N[C@@H](CO)C(=O)N[C@@H](CC(=O)O)C(=O)N[C@H]1CSSC[C@@H](C(=O)N2CCC[C@H]2C(=O)N[C@@H](C)C(=O)N[C@@H](CC(=O)O)C(N)=O)NC(=O)[C@H](CC(N)=O)NC(=O)[C@H](CC2CNC3CCCCC23)NC(=O)[C@H](CCC(N)=O)NC(=O)[C@H](CC(C)C)NC(=O)[C@H](CC2CNC3CCCCC23)NC1=O. The normalized spacial score (nSPS) is 27.8. The Kier molecular flexibility index (Phi) is 36.7. The van der Waals surface area contributed by atoms with Gasteiger partial charge in [0.2, 0.25) is 94.5 Å². The van der Waals surface area contributed by atoms with Crippen LogP contribution in [0.25, 0.3) is 0 Å². The van der Waals surface area contributed by atoms with Crippen molar-refractivity contribution in [1.29, 1.82) is 0 Å². The van der Waals surface area contributed by atoms with Crippen LogP contribution >= 0.6 is 33.3 Å². The number of aliphatic hydroxyl groups is 1. The maximum atomic E-state index is 15.4. The van der Waals surface area contributed by atoms with Gasteiger partial charge < -0.3 is 112 Å². The predicted molar refractivity (Wildman–Crippen MR) is 403 cm³/mol. The Hall–Kier alpha value is -8.61. The Bertz CT molecular complexity index is 3400. The molecule has 0 radical (unpaired) electrons. The van der Waals surface area contributed by atoms with E-state index in [0.29, 0.717) is 18.8 Å². The molecule has 4 aliphatic heterocycles. The summed E-state index contributed by atoms with van der Waals surface area (Å²) in [6.07, 6.45) is 4.43. The van der Waals surface area contributed by atoms with Crippen molar-refractivity contribution in [2.45, 2.75) is 240 Å². The van der Waals surface area contributed by atoms with Crippen molar-refractivity contribution >= 4 is 140 Å². The van der Waals surface area contributed by atoms with Crippen LogP contribution in [0.3, 0.4) is 0 Å². The molecule has 111 heavy (non-hydrogen) atoms. The van der Waals surface area contributed by atoms with Gasteiger partial charge in [-0.2, -0.15) is 11.8 Å². The van der Waals surface area contributed by atoms with Crippen molar-refractivity contribution in [3.8, 4) is 0 Å². The molecule has 16 amide bonds. The van der Waals surface area contributed by atoms with Gasteiger partial charge in [-0.1, -0.05) is 61.1 Å². The highest BCUT2D eigenvalue weighted by Crippen LogP contribution is 2.39. The molecule has 6 fully saturated rings. The van der Waals surface area contributed by atoms with E-state index in [1.165, 1.54) is 18.7 Å². The molecule has 0 aromatic carbocycles. The minimum Gasteiger partial charge on any atom is -0.481 e. The lowest BCUT2D eigenvalue weighted by molar-refractivity contribution is -0.142. The number of aliphatic hydroxyl groups excluding tert-OH is 1. The van der Waals surface area contributed by atoms with Gasteiger partial charge in [0.1, 0.15) is 78.5 Å². The zero-order valence-corrected chi connectivity index (χ0v) is 65.5. The number of carbonyl (C=O) groups excluding carboxylic acids is 16. The summed E-state index contributed by atoms with van der Waals surface area (Å²) >= 11 is 1.34. The lowest BCUT2D eigenvalue weighted by atomic mass is 9.77. The molecule has 620 valence electrons. The number of amides is 16. The van der Waals surface area contributed by atoms with E-state index in [0.717, 1.165) is 84.8 Å². The third-order valence-corrected chi connectivity index (χ3v) is 23.8. The highest BCUT2D eigenvalue weighted by Gasteiger charge is 2.46. The third-order valence-electron chi connectivity index (χ3n) is 20.7. The van der Waals surface area contributed by atoms with Crippen LogP contribution in [0.5, 0.6) is 0 Å². The molecule has 0 aromatic heterocycles. The number of rotatable bonds is 32. The summed E-state index contributed by atoms with van der Waals surface area (Å²) in [7, 11) is 1.51. The van der Waals surface area contributed by atoms with Crippen molar-refractivity contribution < 1.29 is 102 Å². The van der Waals surface area contributed by atoms with Crippen LogP contribution in [0.2, 0.25) is 0 Å². The summed E-state index contributed by atoms with van der Waals surface area (Å²) in [5, 5.41) is 67.0. The highest BCUT2D eigenvalue weighted by atomic mass is 33.1. The lowest BCUT2D eigenvalue weighted by Crippen LogP contribution is -2.61. The minimum absolute atomic E-state index is 0.000209. The van der Waals surface area contributed by atoms with Gasteiger partial charge in [-0.15, -0.1) is 0 Å². The third kappa shape index (κ3) is 28.5. The highest BCUT2D eigenvalue weighted by molar-refractivity contribution is 8.76. The van der Waals surface area contributed by atoms with Crippen LogP contribution in [0.15, 0.2) is 0 Å². The smallest absolute Gasteiger partial charge is 0.305 e. The molecule has 39 nitrogen and oxygen atoms in total. The molecule has 0 bridgehead atoms. The van der Waals surface area contributed by atoms with Crippen LogP contribution in [-0.2, 0) is 86.3 Å². The average molecular weight is 1620 g/mol. The molecule has 2 saturated carbocycles. The molecule has 0 aromatic rings. The fourth-order valence-corrected chi connectivity index (χ4v) is 17.8. The largest absolute Gasteiger partial charge is 0.481 e. The van der Waals surface area contributed by atoms with Crippen molar-refractivity contribution in [1.82, 2.24) is 79.3 Å². The Morgan fingerprint density at radius 1 is 0.559 bits per heavy atom. The number of aliphatic carboxylic acids is 2. The number of carboxylic acid groups (broad SMARTS) is 2. The second kappa shape index (κ2) is 44.6. The van der Waals surface area contributed by atoms with Crippen molar-refractivity contribution in [2.24, 2.45) is 46.8 Å².